The molecule has 0 unspecified atom stereocenters. The van der Waals surface area contributed by atoms with E-state index in [9.17, 15) is 10.4 Å². The van der Waals surface area contributed by atoms with Gasteiger partial charge in [-0.15, -0.1) is 5.23 Å². The highest BCUT2D eigenvalue weighted by atomic mass is 35.5. The van der Waals surface area contributed by atoms with Crippen molar-refractivity contribution in [3.8, 4) is 0 Å². The molecule has 0 aliphatic carbocycles. The summed E-state index contributed by atoms with van der Waals surface area (Å²) in [5.74, 6) is 0. The Kier molecular flexibility index (Phi) is 3.14. The minimum atomic E-state index is -0.692. The Hall–Kier alpha value is -1.05. The van der Waals surface area contributed by atoms with Gasteiger partial charge in [-0.1, -0.05) is 11.6 Å². The van der Waals surface area contributed by atoms with Gasteiger partial charge in [0.15, 0.2) is 0 Å². The molecule has 0 bridgehead atoms. The maximum absolute atomic E-state index is 10.5. The van der Waals surface area contributed by atoms with Crippen LogP contribution in [0.5, 0.6) is 0 Å². The van der Waals surface area contributed by atoms with Gasteiger partial charge in [-0.25, -0.2) is 0 Å². The second kappa shape index (κ2) is 3.99. The monoisotopic (exact) mass is 218 g/mol. The van der Waals surface area contributed by atoms with Crippen molar-refractivity contribution >= 4 is 23.0 Å². The van der Waals surface area contributed by atoms with E-state index in [2.05, 4.69) is 0 Å². The fraction of sp³-hybridized carbons (Fsp3) is 0.143. The summed E-state index contributed by atoms with van der Waals surface area (Å²) in [6, 6.07) is 2.56. The molecule has 0 saturated heterocycles. The maximum Gasteiger partial charge on any atom is 0.115 e. The molecule has 0 radical (unpaired) electrons. The summed E-state index contributed by atoms with van der Waals surface area (Å²) in [6.45, 7) is 1.58. The van der Waals surface area contributed by atoms with Gasteiger partial charge < -0.3 is 15.6 Å². The Bertz CT molecular complexity index is 313. The second-order valence-electron chi connectivity index (χ2n) is 2.66. The fourth-order valence-electron chi connectivity index (χ4n) is 1.01. The number of anilines is 2. The van der Waals surface area contributed by atoms with Crippen molar-refractivity contribution in [3.05, 3.63) is 33.1 Å². The first-order valence-electron chi connectivity index (χ1n) is 3.56. The van der Waals surface area contributed by atoms with Crippen molar-refractivity contribution in [1.82, 2.24) is 0 Å². The number of nitrogens with zero attached hydrogens (tertiary/aromatic N) is 2. The number of hydrogen-bond acceptors (Lipinski definition) is 6. The molecule has 78 valence electrons. The first-order chi connectivity index (χ1) is 6.43. The molecule has 0 amide bonds. The smallest absolute Gasteiger partial charge is 0.115 e. The molecular formula is C7H7ClN2O4-2. The highest BCUT2D eigenvalue weighted by Gasteiger charge is 2.10. The van der Waals surface area contributed by atoms with E-state index < -0.39 is 5.23 Å². The van der Waals surface area contributed by atoms with E-state index in [4.69, 9.17) is 22.0 Å². The van der Waals surface area contributed by atoms with Crippen molar-refractivity contribution in [1.29, 1.82) is 0 Å². The van der Waals surface area contributed by atoms with Gasteiger partial charge in [-0.3, -0.25) is 10.4 Å². The van der Waals surface area contributed by atoms with E-state index >= 15 is 0 Å². The second-order valence-corrected chi connectivity index (χ2v) is 3.04. The highest BCUT2D eigenvalue weighted by molar-refractivity contribution is 6.36. The van der Waals surface area contributed by atoms with Gasteiger partial charge in [0.05, 0.1) is 5.02 Å². The maximum atomic E-state index is 10.5. The zero-order valence-corrected chi connectivity index (χ0v) is 7.89. The highest BCUT2D eigenvalue weighted by Crippen LogP contribution is 2.34. The lowest BCUT2D eigenvalue weighted by Crippen LogP contribution is -2.13. The largest absolute Gasteiger partial charge is 0.769 e. The van der Waals surface area contributed by atoms with Crippen LogP contribution in [0.25, 0.3) is 0 Å². The average Bonchev–Trinajstić information content (AvgIpc) is 2.07. The third-order valence-electron chi connectivity index (χ3n) is 1.59. The lowest BCUT2D eigenvalue weighted by atomic mass is 10.2. The Labute approximate surface area is 84.6 Å². The molecule has 0 aliphatic rings. The van der Waals surface area contributed by atoms with E-state index in [1.165, 1.54) is 12.1 Å². The van der Waals surface area contributed by atoms with Crippen LogP contribution < -0.4 is 10.5 Å². The van der Waals surface area contributed by atoms with Crippen molar-refractivity contribution in [2.24, 2.45) is 0 Å². The van der Waals surface area contributed by atoms with E-state index in [0.29, 0.717) is 5.56 Å². The Morgan fingerprint density at radius 2 is 1.71 bits per heavy atom. The summed E-state index contributed by atoms with van der Waals surface area (Å²) in [6.07, 6.45) is 0. The zero-order valence-electron chi connectivity index (χ0n) is 7.14. The van der Waals surface area contributed by atoms with Gasteiger partial charge in [0.1, 0.15) is 5.69 Å². The summed E-state index contributed by atoms with van der Waals surface area (Å²) in [5.41, 5.74) is -0.0858. The van der Waals surface area contributed by atoms with Gasteiger partial charge in [0, 0.05) is 5.69 Å². The predicted molar refractivity (Wildman–Crippen MR) is 51.5 cm³/mol. The standard InChI is InChI=1S/C7H7ClN2O4/c1-4-2-5(9(11)12)7(8)6(3-4)10(13)14/h2-3,11-12H,1H3/q-2. The molecule has 0 heterocycles. The van der Waals surface area contributed by atoms with Crippen LogP contribution in [0.3, 0.4) is 0 Å². The summed E-state index contributed by atoms with van der Waals surface area (Å²) in [5, 5.41) is 37.2. The Balaban J connectivity index is 3.32. The van der Waals surface area contributed by atoms with Crippen LogP contribution >= 0.6 is 11.6 Å². The topological polar surface area (TPSA) is 93.1 Å². The van der Waals surface area contributed by atoms with E-state index in [0.717, 1.165) is 0 Å². The van der Waals surface area contributed by atoms with Crippen LogP contribution in [0.15, 0.2) is 12.1 Å². The minimum Gasteiger partial charge on any atom is -0.769 e. The molecule has 1 aromatic carbocycles. The molecule has 0 atom stereocenters. The molecule has 1 rings (SSSR count). The summed E-state index contributed by atoms with van der Waals surface area (Å²) < 4.78 is 0. The molecule has 0 aromatic heterocycles. The molecule has 0 spiro atoms. The lowest BCUT2D eigenvalue weighted by molar-refractivity contribution is 0.0292. The summed E-state index contributed by atoms with van der Waals surface area (Å²) in [7, 11) is 0. The van der Waals surface area contributed by atoms with Crippen molar-refractivity contribution in [3.63, 3.8) is 0 Å². The predicted octanol–water partition coefficient (Wildman–Crippen LogP) is 2.04. The molecule has 6 nitrogen and oxygen atoms in total. The molecular weight excluding hydrogens is 212 g/mol. The molecule has 14 heavy (non-hydrogen) atoms. The number of hydrogen-bond donors (Lipinski definition) is 2. The summed E-state index contributed by atoms with van der Waals surface area (Å²) >= 11 is 5.57. The van der Waals surface area contributed by atoms with Crippen molar-refractivity contribution in [2.45, 2.75) is 6.92 Å². The quantitative estimate of drug-likeness (QED) is 0.738. The third kappa shape index (κ3) is 2.06. The van der Waals surface area contributed by atoms with Crippen LogP contribution in [-0.2, 0) is 0 Å². The third-order valence-corrected chi connectivity index (χ3v) is 1.98. The summed E-state index contributed by atoms with van der Waals surface area (Å²) in [4.78, 5) is 0. The molecule has 0 aliphatic heterocycles. The van der Waals surface area contributed by atoms with E-state index in [1.807, 2.05) is 0 Å². The first-order valence-corrected chi connectivity index (χ1v) is 3.93. The van der Waals surface area contributed by atoms with Crippen LogP contribution in [0, 0.1) is 17.3 Å². The van der Waals surface area contributed by atoms with Crippen LogP contribution in [-0.4, -0.2) is 10.4 Å². The van der Waals surface area contributed by atoms with Gasteiger partial charge in [0.2, 0.25) is 0 Å². The molecule has 2 N–H and O–H groups in total. The van der Waals surface area contributed by atoms with E-state index in [1.54, 1.807) is 6.92 Å². The first kappa shape index (κ1) is 11.0. The fourth-order valence-corrected chi connectivity index (χ4v) is 1.26. The Morgan fingerprint density at radius 1 is 1.21 bits per heavy atom. The van der Waals surface area contributed by atoms with Crippen LogP contribution in [0.2, 0.25) is 5.02 Å². The van der Waals surface area contributed by atoms with Gasteiger partial charge >= 0.3 is 0 Å². The minimum absolute atomic E-state index is 0.224. The number of benzene rings is 1. The molecule has 0 saturated carbocycles. The van der Waals surface area contributed by atoms with Crippen LogP contribution in [0.4, 0.5) is 11.4 Å². The normalized spacial score (nSPS) is 10.1. The van der Waals surface area contributed by atoms with Gasteiger partial charge in [-0.2, -0.15) is 0 Å². The van der Waals surface area contributed by atoms with Crippen molar-refractivity contribution in [2.75, 3.05) is 10.5 Å². The van der Waals surface area contributed by atoms with Gasteiger partial charge in [-0.05, 0) is 24.6 Å². The molecule has 7 heteroatoms. The Morgan fingerprint density at radius 3 is 2.14 bits per heavy atom. The van der Waals surface area contributed by atoms with E-state index in [-0.39, 0.29) is 21.6 Å². The zero-order chi connectivity index (χ0) is 10.9. The number of rotatable bonds is 2. The number of aryl methyl sites for hydroxylation is 1. The van der Waals surface area contributed by atoms with Gasteiger partial charge in [0.25, 0.3) is 0 Å². The molecule has 0 fully saturated rings. The molecule has 1 aromatic rings. The average molecular weight is 219 g/mol. The number of halogens is 1. The van der Waals surface area contributed by atoms with Crippen LogP contribution in [0.1, 0.15) is 5.56 Å². The SMILES string of the molecule is Cc1cc(N([O-])[O-])c(Cl)c(N(O)O)c1. The van der Waals surface area contributed by atoms with Crippen molar-refractivity contribution < 1.29 is 10.4 Å². The lowest BCUT2D eigenvalue weighted by Gasteiger charge is -2.38.